The average Bonchev–Trinajstić information content (AvgIpc) is 0.793. The Morgan fingerprint density at radius 1 is 0.261 bits per heavy atom. The second-order valence-electron chi connectivity index (χ2n) is 23.0. The van der Waals surface area contributed by atoms with Gasteiger partial charge in [0.25, 0.3) is 47.3 Å². The lowest BCUT2D eigenvalue weighted by atomic mass is 9.94. The van der Waals surface area contributed by atoms with Gasteiger partial charge in [0.1, 0.15) is 0 Å². The molecule has 0 unspecified atom stereocenters. The van der Waals surface area contributed by atoms with Crippen LogP contribution < -0.4 is 21.3 Å². The number of hydrogen-bond donors (Lipinski definition) is 4. The molecule has 12 rings (SSSR count). The Balaban J connectivity index is 0.691. The van der Waals surface area contributed by atoms with Crippen molar-refractivity contribution in [1.29, 1.82) is 0 Å². The van der Waals surface area contributed by atoms with E-state index in [0.29, 0.717) is 66.1 Å². The predicted octanol–water partition coefficient (Wildman–Crippen LogP) is 5.41. The number of imide groups is 4. The third-order valence-corrected chi connectivity index (χ3v) is 17.4. The smallest absolute Gasteiger partial charge is 0.261 e. The van der Waals surface area contributed by atoms with Gasteiger partial charge < -0.3 is 31.1 Å². The van der Waals surface area contributed by atoms with E-state index in [9.17, 15) is 57.5 Å². The number of carbonyl (C=O) groups excluding carboxylic acids is 12. The van der Waals surface area contributed by atoms with E-state index in [1.165, 1.54) is 0 Å². The maximum Gasteiger partial charge on any atom is 0.261 e. The van der Waals surface area contributed by atoms with Crippen molar-refractivity contribution in [3.63, 3.8) is 0 Å². The van der Waals surface area contributed by atoms with Crippen LogP contribution in [0.2, 0.25) is 0 Å². The Kier molecular flexibility index (Phi) is 17.8. The first-order valence-corrected chi connectivity index (χ1v) is 30.7. The summed E-state index contributed by atoms with van der Waals surface area (Å²) in [5.74, 6) is -5.39. The molecular formula is C70H64N10O12. The molecule has 92 heavy (non-hydrogen) atoms. The highest BCUT2D eigenvalue weighted by atomic mass is 16.2. The van der Waals surface area contributed by atoms with Crippen molar-refractivity contribution in [2.75, 3.05) is 91.6 Å². The lowest BCUT2D eigenvalue weighted by Crippen LogP contribution is -2.46. The highest BCUT2D eigenvalue weighted by molar-refractivity contribution is 6.28. The number of carbonyl (C=O) groups is 12. The van der Waals surface area contributed by atoms with Gasteiger partial charge in [0.2, 0.25) is 23.6 Å². The van der Waals surface area contributed by atoms with Gasteiger partial charge >= 0.3 is 0 Å². The zero-order valence-electron chi connectivity index (χ0n) is 50.2. The molecule has 4 aliphatic rings. The molecule has 8 aromatic carbocycles. The van der Waals surface area contributed by atoms with Gasteiger partial charge in [-0.15, -0.1) is 0 Å². The van der Waals surface area contributed by atoms with Crippen LogP contribution in [-0.4, -0.2) is 192 Å². The number of nitrogens with zero attached hydrogens (tertiary/aromatic N) is 6. The van der Waals surface area contributed by atoms with E-state index < -0.39 is 70.9 Å². The minimum atomic E-state index is -0.472. The van der Waals surface area contributed by atoms with Gasteiger partial charge in [-0.3, -0.25) is 77.1 Å². The maximum absolute atomic E-state index is 13.6. The molecule has 4 heterocycles. The first-order chi connectivity index (χ1) is 44.6. The molecule has 12 amide bonds. The van der Waals surface area contributed by atoms with E-state index in [2.05, 4.69) is 21.3 Å². The molecule has 0 atom stereocenters. The fraction of sp³-hybridized carbons (Fsp3) is 0.257. The van der Waals surface area contributed by atoms with Crippen molar-refractivity contribution < 1.29 is 57.5 Å². The lowest BCUT2D eigenvalue weighted by Gasteiger charge is -2.29. The van der Waals surface area contributed by atoms with E-state index in [-0.39, 0.29) is 117 Å². The van der Waals surface area contributed by atoms with Gasteiger partial charge in [0.05, 0.1) is 0 Å². The minimum absolute atomic E-state index is 0.0399. The third kappa shape index (κ3) is 12.3. The molecule has 4 aliphatic heterocycles. The average molecular weight is 1240 g/mol. The molecular weight excluding hydrogens is 1170 g/mol. The normalized spacial score (nSPS) is 14.2. The number of benzene rings is 8. The summed E-state index contributed by atoms with van der Waals surface area (Å²) >= 11 is 0. The Labute approximate surface area is 527 Å². The van der Waals surface area contributed by atoms with Gasteiger partial charge in [0, 0.05) is 183 Å². The van der Waals surface area contributed by atoms with E-state index in [0.717, 1.165) is 41.1 Å². The molecule has 0 aliphatic carbocycles. The number of hydrogen-bond acceptors (Lipinski definition) is 14. The number of nitrogens with one attached hydrogen (secondary N) is 4. The van der Waals surface area contributed by atoms with Crippen LogP contribution >= 0.6 is 0 Å². The van der Waals surface area contributed by atoms with Crippen LogP contribution in [-0.2, 0) is 19.2 Å². The quantitative estimate of drug-likeness (QED) is 0.0469. The van der Waals surface area contributed by atoms with Crippen LogP contribution in [0, 0.1) is 0 Å². The summed E-state index contributed by atoms with van der Waals surface area (Å²) in [6, 6.07) is 41.9. The monoisotopic (exact) mass is 1240 g/mol. The largest absolute Gasteiger partial charge is 0.354 e. The molecule has 0 aromatic heterocycles. The van der Waals surface area contributed by atoms with Crippen molar-refractivity contribution in [3.8, 4) is 0 Å². The van der Waals surface area contributed by atoms with Crippen molar-refractivity contribution in [3.05, 3.63) is 190 Å². The highest BCUT2D eigenvalue weighted by Crippen LogP contribution is 2.34. The van der Waals surface area contributed by atoms with E-state index in [4.69, 9.17) is 0 Å². The van der Waals surface area contributed by atoms with Crippen molar-refractivity contribution in [1.82, 2.24) is 50.7 Å². The molecule has 0 radical (unpaired) electrons. The second-order valence-corrected chi connectivity index (χ2v) is 23.0. The van der Waals surface area contributed by atoms with Crippen LogP contribution in [0.3, 0.4) is 0 Å². The van der Waals surface area contributed by atoms with Gasteiger partial charge in [0.15, 0.2) is 0 Å². The Hall–Kier alpha value is -10.8. The Bertz CT molecular complexity index is 3680. The molecule has 0 fully saturated rings. The van der Waals surface area contributed by atoms with E-state index >= 15 is 0 Å². The van der Waals surface area contributed by atoms with Gasteiger partial charge in [-0.05, 0) is 70.1 Å². The zero-order valence-corrected chi connectivity index (χ0v) is 50.2. The van der Waals surface area contributed by atoms with E-state index in [1.807, 2.05) is 58.3 Å². The Morgan fingerprint density at radius 2 is 0.435 bits per heavy atom. The van der Waals surface area contributed by atoms with Crippen LogP contribution in [0.15, 0.2) is 146 Å². The summed E-state index contributed by atoms with van der Waals surface area (Å²) in [6.45, 7) is 0.373. The summed E-state index contributed by atoms with van der Waals surface area (Å²) < 4.78 is 0. The third-order valence-electron chi connectivity index (χ3n) is 17.4. The fourth-order valence-electron chi connectivity index (χ4n) is 12.7. The van der Waals surface area contributed by atoms with Crippen LogP contribution in [0.25, 0.3) is 43.1 Å². The van der Waals surface area contributed by atoms with E-state index in [1.54, 1.807) is 97.1 Å². The summed E-state index contributed by atoms with van der Waals surface area (Å²) in [4.78, 5) is 171. The molecule has 22 nitrogen and oxygen atoms in total. The predicted molar refractivity (Wildman–Crippen MR) is 341 cm³/mol. The Morgan fingerprint density at radius 3 is 0.609 bits per heavy atom. The van der Waals surface area contributed by atoms with Gasteiger partial charge in [-0.2, -0.15) is 0 Å². The number of rotatable bonds is 27. The van der Waals surface area contributed by atoms with Gasteiger partial charge in [-0.1, -0.05) is 97.1 Å². The van der Waals surface area contributed by atoms with Crippen molar-refractivity contribution in [2.24, 2.45) is 0 Å². The molecule has 0 bridgehead atoms. The summed E-state index contributed by atoms with van der Waals surface area (Å²) in [7, 11) is 0. The summed E-state index contributed by atoms with van der Waals surface area (Å²) in [5.41, 5.74) is 3.10. The molecule has 8 aromatic rings. The first-order valence-electron chi connectivity index (χ1n) is 30.7. The molecule has 466 valence electrons. The van der Waals surface area contributed by atoms with Crippen molar-refractivity contribution in [2.45, 2.75) is 25.7 Å². The fourth-order valence-corrected chi connectivity index (χ4v) is 12.7. The standard InChI is InChI=1S/C70H64N10O12/c81-55(71-29-37-77-63(85)47-17-1-9-43-10-2-18-48(59(43)47)64(77)86)25-33-75(34-26-56(82)72-30-38-78-65(87)49-19-3-11-44-12-4-20-50(60(44)49)66(78)88)41-42-76(35-27-57(83)73-31-39-79-67(89)51-21-5-13-45-14-6-22-52(61(45)51)68(79)90)36-28-58(84)74-32-40-80-69(91)53-23-7-15-46-16-8-24-54(62(46)53)70(80)92/h1-24H,25-42H2,(H,71,81)(H,72,82)(H,73,83)(H,74,84). The van der Waals surface area contributed by atoms with Crippen molar-refractivity contribution >= 4 is 114 Å². The summed E-state index contributed by atoms with van der Waals surface area (Å²) in [5, 5.41) is 16.7. The summed E-state index contributed by atoms with van der Waals surface area (Å²) in [6.07, 6.45) is -0.296. The molecule has 22 heteroatoms. The van der Waals surface area contributed by atoms with Gasteiger partial charge in [-0.25, -0.2) is 0 Å². The first kappa shape index (κ1) is 61.4. The highest BCUT2D eigenvalue weighted by Gasteiger charge is 2.37. The SMILES string of the molecule is O=C(CCN(CCC(=O)NCCN1C(=O)c2cccc3cccc(c23)C1=O)CCN(CCC(=O)NCCN1C(=O)c2cccc3cccc(c23)C1=O)CCC(=O)NCCN1C(=O)c2cccc3cccc(c23)C1=O)NCCN1C(=O)c2cccc3cccc(c23)C1=O. The maximum atomic E-state index is 13.6. The molecule has 0 saturated carbocycles. The number of amides is 12. The molecule has 0 saturated heterocycles. The van der Waals surface area contributed by atoms with Crippen LogP contribution in [0.1, 0.15) is 109 Å². The minimum Gasteiger partial charge on any atom is -0.354 e. The lowest BCUT2D eigenvalue weighted by molar-refractivity contribution is -0.123. The topological polar surface area (TPSA) is 272 Å². The molecule has 4 N–H and O–H groups in total. The van der Waals surface area contributed by atoms with Crippen LogP contribution in [0.4, 0.5) is 0 Å². The zero-order chi connectivity index (χ0) is 64.2. The van der Waals surface area contributed by atoms with Crippen LogP contribution in [0.5, 0.6) is 0 Å². The second kappa shape index (κ2) is 26.7. The molecule has 0 spiro atoms.